The van der Waals surface area contributed by atoms with Crippen LogP contribution in [0.15, 0.2) is 0 Å². The van der Waals surface area contributed by atoms with Crippen molar-refractivity contribution < 1.29 is 9.47 Å². The number of rotatable bonds is 8. The van der Waals surface area contributed by atoms with Crippen molar-refractivity contribution in [2.75, 3.05) is 45.9 Å². The predicted octanol–water partition coefficient (Wildman–Crippen LogP) is 1.11. The maximum atomic E-state index is 5.71. The van der Waals surface area contributed by atoms with E-state index in [1.165, 1.54) is 0 Å². The summed E-state index contributed by atoms with van der Waals surface area (Å²) >= 11 is 0. The van der Waals surface area contributed by atoms with Gasteiger partial charge in [0.1, 0.15) is 0 Å². The third kappa shape index (κ3) is 6.99. The predicted molar refractivity (Wildman–Crippen MR) is 70.4 cm³/mol. The highest BCUT2D eigenvalue weighted by Gasteiger charge is 2.21. The minimum atomic E-state index is 0.372. The van der Waals surface area contributed by atoms with Crippen LogP contribution in [0.5, 0.6) is 0 Å². The summed E-state index contributed by atoms with van der Waals surface area (Å²) in [5.74, 6) is 0. The van der Waals surface area contributed by atoms with E-state index in [4.69, 9.17) is 9.47 Å². The number of morpholine rings is 1. The zero-order chi connectivity index (χ0) is 12.5. The van der Waals surface area contributed by atoms with Gasteiger partial charge in [-0.05, 0) is 33.7 Å². The van der Waals surface area contributed by atoms with Crippen LogP contribution in [0, 0.1) is 0 Å². The van der Waals surface area contributed by atoms with Crippen LogP contribution in [0.25, 0.3) is 0 Å². The quantitative estimate of drug-likeness (QED) is 0.649. The van der Waals surface area contributed by atoms with E-state index in [1.807, 2.05) is 6.92 Å². The average molecular weight is 244 g/mol. The summed E-state index contributed by atoms with van der Waals surface area (Å²) in [5, 5.41) is 3.46. The zero-order valence-corrected chi connectivity index (χ0v) is 11.6. The summed E-state index contributed by atoms with van der Waals surface area (Å²) in [6.07, 6.45) is 1.84. The first-order chi connectivity index (χ1) is 8.22. The lowest BCUT2D eigenvalue weighted by Crippen LogP contribution is -2.47. The Bertz CT molecular complexity index is 180. The van der Waals surface area contributed by atoms with Crippen LogP contribution >= 0.6 is 0 Å². The molecule has 0 aromatic heterocycles. The number of nitrogens with one attached hydrogen (secondary N) is 1. The van der Waals surface area contributed by atoms with Gasteiger partial charge in [-0.1, -0.05) is 0 Å². The van der Waals surface area contributed by atoms with Gasteiger partial charge in [0.2, 0.25) is 0 Å². The molecule has 0 amide bonds. The molecular weight excluding hydrogens is 216 g/mol. The van der Waals surface area contributed by atoms with Gasteiger partial charge in [-0.25, -0.2) is 0 Å². The number of ether oxygens (including phenoxy) is 2. The Morgan fingerprint density at radius 1 is 1.24 bits per heavy atom. The molecule has 1 aliphatic heterocycles. The molecule has 2 unspecified atom stereocenters. The van der Waals surface area contributed by atoms with Crippen LogP contribution in [0.4, 0.5) is 0 Å². The van der Waals surface area contributed by atoms with Crippen molar-refractivity contribution in [1.82, 2.24) is 10.2 Å². The van der Waals surface area contributed by atoms with E-state index < -0.39 is 0 Å². The maximum Gasteiger partial charge on any atom is 0.0678 e. The molecule has 0 aromatic carbocycles. The van der Waals surface area contributed by atoms with Crippen molar-refractivity contribution in [1.29, 1.82) is 0 Å². The molecular formula is C13H28N2O2. The SMILES string of the molecule is CCOCCCNCCN1CC(C)OC(C)C1. The molecule has 0 bridgehead atoms. The van der Waals surface area contributed by atoms with Gasteiger partial charge in [0.05, 0.1) is 12.2 Å². The Morgan fingerprint density at radius 3 is 2.59 bits per heavy atom. The molecule has 2 atom stereocenters. The molecule has 1 N–H and O–H groups in total. The summed E-state index contributed by atoms with van der Waals surface area (Å²) < 4.78 is 11.0. The van der Waals surface area contributed by atoms with Crippen LogP contribution < -0.4 is 5.32 Å². The van der Waals surface area contributed by atoms with E-state index in [0.29, 0.717) is 12.2 Å². The molecule has 17 heavy (non-hydrogen) atoms. The first-order valence-corrected chi connectivity index (χ1v) is 6.88. The van der Waals surface area contributed by atoms with Crippen LogP contribution in [0.3, 0.4) is 0 Å². The van der Waals surface area contributed by atoms with Gasteiger partial charge in [0.25, 0.3) is 0 Å². The van der Waals surface area contributed by atoms with Crippen molar-refractivity contribution in [3.63, 3.8) is 0 Å². The topological polar surface area (TPSA) is 33.7 Å². The van der Waals surface area contributed by atoms with Crippen LogP contribution in [0.1, 0.15) is 27.2 Å². The van der Waals surface area contributed by atoms with Crippen LogP contribution in [-0.2, 0) is 9.47 Å². The van der Waals surface area contributed by atoms with Crippen LogP contribution in [-0.4, -0.2) is 63.0 Å². The summed E-state index contributed by atoms with van der Waals surface area (Å²) in [6, 6.07) is 0. The molecule has 0 spiro atoms. The van der Waals surface area contributed by atoms with Gasteiger partial charge in [-0.2, -0.15) is 0 Å². The first kappa shape index (κ1) is 14.9. The Kier molecular flexibility index (Phi) is 7.77. The molecule has 4 nitrogen and oxygen atoms in total. The highest BCUT2D eigenvalue weighted by molar-refractivity contribution is 4.73. The first-order valence-electron chi connectivity index (χ1n) is 6.88. The fraction of sp³-hybridized carbons (Fsp3) is 1.00. The average Bonchev–Trinajstić information content (AvgIpc) is 2.26. The second-order valence-corrected chi connectivity index (χ2v) is 4.82. The molecule has 0 saturated carbocycles. The van der Waals surface area contributed by atoms with Gasteiger partial charge in [0, 0.05) is 39.4 Å². The van der Waals surface area contributed by atoms with Crippen molar-refractivity contribution in [3.8, 4) is 0 Å². The summed E-state index contributed by atoms with van der Waals surface area (Å²) in [5.41, 5.74) is 0. The summed E-state index contributed by atoms with van der Waals surface area (Å²) in [4.78, 5) is 2.48. The normalized spacial score (nSPS) is 26.3. The van der Waals surface area contributed by atoms with Gasteiger partial charge < -0.3 is 14.8 Å². The lowest BCUT2D eigenvalue weighted by Gasteiger charge is -2.35. The summed E-state index contributed by atoms with van der Waals surface area (Å²) in [7, 11) is 0. The van der Waals surface area contributed by atoms with E-state index in [2.05, 4.69) is 24.1 Å². The fourth-order valence-corrected chi connectivity index (χ4v) is 2.27. The van der Waals surface area contributed by atoms with E-state index in [9.17, 15) is 0 Å². The Hall–Kier alpha value is -0.160. The van der Waals surface area contributed by atoms with E-state index >= 15 is 0 Å². The van der Waals surface area contributed by atoms with Gasteiger partial charge >= 0.3 is 0 Å². The molecule has 1 heterocycles. The van der Waals surface area contributed by atoms with E-state index in [-0.39, 0.29) is 0 Å². The maximum absolute atomic E-state index is 5.71. The minimum Gasteiger partial charge on any atom is -0.382 e. The lowest BCUT2D eigenvalue weighted by molar-refractivity contribution is -0.0674. The molecule has 4 heteroatoms. The largest absolute Gasteiger partial charge is 0.382 e. The molecule has 1 aliphatic rings. The van der Waals surface area contributed by atoms with Crippen LogP contribution in [0.2, 0.25) is 0 Å². The zero-order valence-electron chi connectivity index (χ0n) is 11.6. The second kappa shape index (κ2) is 8.86. The molecule has 102 valence electrons. The van der Waals surface area contributed by atoms with Crippen molar-refractivity contribution in [2.24, 2.45) is 0 Å². The molecule has 0 aromatic rings. The highest BCUT2D eigenvalue weighted by Crippen LogP contribution is 2.09. The lowest BCUT2D eigenvalue weighted by atomic mass is 10.2. The second-order valence-electron chi connectivity index (χ2n) is 4.82. The van der Waals surface area contributed by atoms with Crippen molar-refractivity contribution >= 4 is 0 Å². The molecule has 1 saturated heterocycles. The molecule has 0 radical (unpaired) electrons. The van der Waals surface area contributed by atoms with E-state index in [0.717, 1.165) is 52.4 Å². The van der Waals surface area contributed by atoms with E-state index in [1.54, 1.807) is 0 Å². The highest BCUT2D eigenvalue weighted by atomic mass is 16.5. The van der Waals surface area contributed by atoms with Gasteiger partial charge in [0.15, 0.2) is 0 Å². The van der Waals surface area contributed by atoms with Gasteiger partial charge in [-0.15, -0.1) is 0 Å². The van der Waals surface area contributed by atoms with Gasteiger partial charge in [-0.3, -0.25) is 4.90 Å². The fourth-order valence-electron chi connectivity index (χ4n) is 2.27. The Labute approximate surface area is 106 Å². The molecule has 1 rings (SSSR count). The monoisotopic (exact) mass is 244 g/mol. The molecule has 1 fully saturated rings. The number of nitrogens with zero attached hydrogens (tertiary/aromatic N) is 1. The van der Waals surface area contributed by atoms with Crippen molar-refractivity contribution in [2.45, 2.75) is 39.4 Å². The third-order valence-corrected chi connectivity index (χ3v) is 2.95. The number of hydrogen-bond acceptors (Lipinski definition) is 4. The smallest absolute Gasteiger partial charge is 0.0678 e. The minimum absolute atomic E-state index is 0.372. The third-order valence-electron chi connectivity index (χ3n) is 2.95. The number of hydrogen-bond donors (Lipinski definition) is 1. The standard InChI is InChI=1S/C13H28N2O2/c1-4-16-9-5-6-14-7-8-15-10-12(2)17-13(3)11-15/h12-14H,4-11H2,1-3H3. The molecule has 0 aliphatic carbocycles. The Balaban J connectivity index is 1.95. The van der Waals surface area contributed by atoms with Crippen molar-refractivity contribution in [3.05, 3.63) is 0 Å². The summed E-state index contributed by atoms with van der Waals surface area (Å²) in [6.45, 7) is 13.4. The Morgan fingerprint density at radius 2 is 1.94 bits per heavy atom.